The van der Waals surface area contributed by atoms with Gasteiger partial charge in [0.1, 0.15) is 0 Å². The van der Waals surface area contributed by atoms with Crippen molar-refractivity contribution in [3.05, 3.63) is 54.4 Å². The molecule has 1 saturated carbocycles. The van der Waals surface area contributed by atoms with Crippen molar-refractivity contribution in [2.45, 2.75) is 45.2 Å². The number of likely N-dealkylation sites (tertiary alicyclic amines) is 1. The molecule has 1 saturated heterocycles. The summed E-state index contributed by atoms with van der Waals surface area (Å²) >= 11 is 0. The van der Waals surface area contributed by atoms with Gasteiger partial charge in [-0.15, -0.1) is 0 Å². The lowest BCUT2D eigenvalue weighted by Crippen LogP contribution is -2.42. The Morgan fingerprint density at radius 3 is 2.58 bits per heavy atom. The van der Waals surface area contributed by atoms with E-state index >= 15 is 0 Å². The Morgan fingerprint density at radius 1 is 1.13 bits per heavy atom. The summed E-state index contributed by atoms with van der Waals surface area (Å²) in [6.07, 6.45) is 6.08. The minimum atomic E-state index is -0.0661. The number of hydrogen-bond acceptors (Lipinski definition) is 3. The van der Waals surface area contributed by atoms with Crippen molar-refractivity contribution in [3.8, 4) is 11.1 Å². The van der Waals surface area contributed by atoms with Crippen LogP contribution in [0.25, 0.3) is 22.2 Å². The maximum absolute atomic E-state index is 12.7. The van der Waals surface area contributed by atoms with E-state index in [1.807, 2.05) is 6.33 Å². The monoisotopic (exact) mass is 416 g/mol. The summed E-state index contributed by atoms with van der Waals surface area (Å²) in [5.74, 6) is 0.362. The lowest BCUT2D eigenvalue weighted by atomic mass is 9.98. The van der Waals surface area contributed by atoms with Gasteiger partial charge in [-0.3, -0.25) is 4.79 Å². The Balaban J connectivity index is 1.40. The fourth-order valence-corrected chi connectivity index (χ4v) is 4.90. The summed E-state index contributed by atoms with van der Waals surface area (Å²) in [6.45, 7) is 4.73. The number of benzene rings is 2. The maximum atomic E-state index is 12.7. The molecule has 31 heavy (non-hydrogen) atoms. The van der Waals surface area contributed by atoms with E-state index in [9.17, 15) is 4.79 Å². The molecule has 3 aromatic rings. The van der Waals surface area contributed by atoms with Crippen molar-refractivity contribution in [1.29, 1.82) is 0 Å². The molecule has 5 heteroatoms. The predicted molar refractivity (Wildman–Crippen MR) is 125 cm³/mol. The van der Waals surface area contributed by atoms with E-state index in [1.165, 1.54) is 22.2 Å². The summed E-state index contributed by atoms with van der Waals surface area (Å²) in [5, 5.41) is 0. The van der Waals surface area contributed by atoms with Gasteiger partial charge in [0.05, 0.1) is 17.4 Å². The molecule has 5 rings (SSSR count). The highest BCUT2D eigenvalue weighted by molar-refractivity contribution is 5.85. The molecule has 2 aliphatic rings. The van der Waals surface area contributed by atoms with Crippen LogP contribution in [0, 0.1) is 5.41 Å². The largest absolute Gasteiger partial charge is 0.342 e. The van der Waals surface area contributed by atoms with E-state index in [0.717, 1.165) is 50.8 Å². The van der Waals surface area contributed by atoms with Gasteiger partial charge in [0, 0.05) is 31.1 Å². The third kappa shape index (κ3) is 3.87. The molecule has 0 unspecified atom stereocenters. The summed E-state index contributed by atoms with van der Waals surface area (Å²) < 4.78 is 2.34. The number of hydrogen-bond donors (Lipinski definition) is 0. The smallest absolute Gasteiger partial charge is 0.228 e. The normalized spacial score (nSPS) is 18.6. The zero-order valence-electron chi connectivity index (χ0n) is 18.8. The Labute approximate surface area is 184 Å². The first kappa shape index (κ1) is 20.3. The Kier molecular flexibility index (Phi) is 5.09. The number of imidazole rings is 1. The molecule has 0 atom stereocenters. The molecule has 0 bridgehead atoms. The van der Waals surface area contributed by atoms with Gasteiger partial charge in [-0.1, -0.05) is 37.3 Å². The summed E-state index contributed by atoms with van der Waals surface area (Å²) in [6, 6.07) is 15.7. The molecule has 1 aliphatic heterocycles. The van der Waals surface area contributed by atoms with E-state index in [2.05, 4.69) is 82.8 Å². The van der Waals surface area contributed by atoms with E-state index in [4.69, 9.17) is 0 Å². The molecule has 0 spiro atoms. The van der Waals surface area contributed by atoms with Crippen LogP contribution >= 0.6 is 0 Å². The quantitative estimate of drug-likeness (QED) is 0.604. The lowest BCUT2D eigenvalue weighted by Gasteiger charge is -2.34. The van der Waals surface area contributed by atoms with Crippen LogP contribution in [0.4, 0.5) is 0 Å². The lowest BCUT2D eigenvalue weighted by molar-refractivity contribution is -0.137. The van der Waals surface area contributed by atoms with Gasteiger partial charge in [-0.2, -0.15) is 0 Å². The van der Waals surface area contributed by atoms with Crippen LogP contribution in [0.2, 0.25) is 0 Å². The average Bonchev–Trinajstić information content (AvgIpc) is 3.39. The number of rotatable bonds is 5. The number of carbonyl (C=O) groups excluding carboxylic acids is 1. The molecule has 2 heterocycles. The van der Waals surface area contributed by atoms with Gasteiger partial charge in [-0.05, 0) is 68.6 Å². The molecular formula is C26H32N4O. The molecule has 2 aromatic carbocycles. The van der Waals surface area contributed by atoms with Crippen LogP contribution in [-0.4, -0.2) is 52.4 Å². The zero-order valence-corrected chi connectivity index (χ0v) is 18.8. The summed E-state index contributed by atoms with van der Waals surface area (Å²) in [4.78, 5) is 21.7. The zero-order chi connectivity index (χ0) is 21.6. The highest BCUT2D eigenvalue weighted by atomic mass is 16.2. The number of fused-ring (bicyclic) bond motifs is 1. The Bertz CT molecular complexity index is 1100. The first-order valence-electron chi connectivity index (χ1n) is 11.4. The van der Waals surface area contributed by atoms with E-state index < -0.39 is 0 Å². The molecule has 1 aliphatic carbocycles. The second-order valence-corrected chi connectivity index (χ2v) is 9.83. The van der Waals surface area contributed by atoms with Crippen molar-refractivity contribution in [2.75, 3.05) is 27.2 Å². The summed E-state index contributed by atoms with van der Waals surface area (Å²) in [7, 11) is 4.21. The van der Waals surface area contributed by atoms with Crippen LogP contribution < -0.4 is 0 Å². The third-order valence-corrected chi connectivity index (χ3v) is 7.05. The van der Waals surface area contributed by atoms with Gasteiger partial charge in [0.15, 0.2) is 0 Å². The minimum Gasteiger partial charge on any atom is -0.342 e. The second-order valence-electron chi connectivity index (χ2n) is 9.83. The Hall–Kier alpha value is -2.66. The second kappa shape index (κ2) is 7.79. The van der Waals surface area contributed by atoms with E-state index in [-0.39, 0.29) is 5.41 Å². The summed E-state index contributed by atoms with van der Waals surface area (Å²) in [5.41, 5.74) is 6.01. The number of piperidine rings is 1. The number of carbonyl (C=O) groups is 1. The maximum Gasteiger partial charge on any atom is 0.228 e. The van der Waals surface area contributed by atoms with E-state index in [0.29, 0.717) is 11.9 Å². The van der Waals surface area contributed by atoms with Crippen LogP contribution in [-0.2, 0) is 11.3 Å². The van der Waals surface area contributed by atoms with Gasteiger partial charge < -0.3 is 14.4 Å². The third-order valence-electron chi connectivity index (χ3n) is 7.05. The number of amides is 1. The van der Waals surface area contributed by atoms with Crippen LogP contribution in [0.5, 0.6) is 0 Å². The van der Waals surface area contributed by atoms with Gasteiger partial charge in [0.25, 0.3) is 0 Å². The first-order valence-corrected chi connectivity index (χ1v) is 11.4. The fourth-order valence-electron chi connectivity index (χ4n) is 4.90. The molecule has 2 fully saturated rings. The van der Waals surface area contributed by atoms with Crippen molar-refractivity contribution in [2.24, 2.45) is 5.41 Å². The van der Waals surface area contributed by atoms with Crippen molar-refractivity contribution in [3.63, 3.8) is 0 Å². The highest BCUT2D eigenvalue weighted by Crippen LogP contribution is 2.47. The predicted octanol–water partition coefficient (Wildman–Crippen LogP) is 4.73. The standard InChI is InChI=1S/C26H32N4O/c1-26(12-13-26)25(31)29-14-10-21(11-15-29)30-18-27-23-9-8-19(16-24(23)30)22-7-5-4-6-20(22)17-28(2)3/h4-9,16,18,21H,10-15,17H2,1-3H3. The fraction of sp³-hybridized carbons (Fsp3) is 0.462. The van der Waals surface area contributed by atoms with Crippen molar-refractivity contribution < 1.29 is 4.79 Å². The SMILES string of the molecule is CN(C)Cc1ccccc1-c1ccc2ncn(C3CCN(C(=O)C4(C)CC4)CC3)c2c1. The molecular weight excluding hydrogens is 384 g/mol. The van der Waals surface area contributed by atoms with Crippen molar-refractivity contribution >= 4 is 16.9 Å². The van der Waals surface area contributed by atoms with Gasteiger partial charge >= 0.3 is 0 Å². The molecule has 0 N–H and O–H groups in total. The number of aromatic nitrogens is 2. The minimum absolute atomic E-state index is 0.0661. The van der Waals surface area contributed by atoms with Crippen LogP contribution in [0.15, 0.2) is 48.8 Å². The molecule has 1 aromatic heterocycles. The molecule has 162 valence electrons. The van der Waals surface area contributed by atoms with Crippen LogP contribution in [0.1, 0.15) is 44.2 Å². The average molecular weight is 417 g/mol. The van der Waals surface area contributed by atoms with Gasteiger partial charge in [0.2, 0.25) is 5.91 Å². The number of nitrogens with zero attached hydrogens (tertiary/aromatic N) is 4. The van der Waals surface area contributed by atoms with E-state index in [1.54, 1.807) is 0 Å². The molecule has 1 amide bonds. The first-order chi connectivity index (χ1) is 14.9. The van der Waals surface area contributed by atoms with Gasteiger partial charge in [-0.25, -0.2) is 4.98 Å². The Morgan fingerprint density at radius 2 is 1.87 bits per heavy atom. The van der Waals surface area contributed by atoms with Crippen molar-refractivity contribution in [1.82, 2.24) is 19.4 Å². The topological polar surface area (TPSA) is 41.4 Å². The molecule has 0 radical (unpaired) electrons. The van der Waals surface area contributed by atoms with Crippen LogP contribution in [0.3, 0.4) is 0 Å². The highest BCUT2D eigenvalue weighted by Gasteiger charge is 2.47. The molecule has 5 nitrogen and oxygen atoms in total.